The van der Waals surface area contributed by atoms with E-state index in [9.17, 15) is 4.39 Å². The summed E-state index contributed by atoms with van der Waals surface area (Å²) in [4.78, 5) is 4.83. The van der Waals surface area contributed by atoms with E-state index in [1.165, 1.54) is 32.0 Å². The second-order valence-corrected chi connectivity index (χ2v) is 5.70. The highest BCUT2D eigenvalue weighted by atomic mass is 19.1. The Bertz CT molecular complexity index is 428. The van der Waals surface area contributed by atoms with Crippen molar-refractivity contribution in [3.05, 3.63) is 35.1 Å². The van der Waals surface area contributed by atoms with Crippen molar-refractivity contribution >= 4 is 0 Å². The van der Waals surface area contributed by atoms with Crippen LogP contribution in [-0.4, -0.2) is 42.5 Å². The molecule has 1 heterocycles. The van der Waals surface area contributed by atoms with Crippen LogP contribution in [0.1, 0.15) is 30.9 Å². The van der Waals surface area contributed by atoms with E-state index in [4.69, 9.17) is 5.73 Å². The first-order valence-corrected chi connectivity index (χ1v) is 7.54. The third-order valence-electron chi connectivity index (χ3n) is 4.44. The Morgan fingerprint density at radius 1 is 1.30 bits per heavy atom. The zero-order chi connectivity index (χ0) is 14.5. The number of piperidine rings is 1. The standard InChI is InChI=1S/C16H26FN3/c1-3-20-8-6-16(7-9-20)19(2)12-14-10-15(17)5-4-13(14)11-18/h4-5,10,16H,3,6-9,11-12,18H2,1-2H3. The summed E-state index contributed by atoms with van der Waals surface area (Å²) in [5.41, 5.74) is 7.81. The predicted octanol–water partition coefficient (Wildman–Crippen LogP) is 2.20. The van der Waals surface area contributed by atoms with E-state index in [1.54, 1.807) is 12.1 Å². The second kappa shape index (κ2) is 7.16. The molecule has 0 aliphatic carbocycles. The summed E-state index contributed by atoms with van der Waals surface area (Å²) < 4.78 is 13.4. The van der Waals surface area contributed by atoms with Crippen LogP contribution in [0.15, 0.2) is 18.2 Å². The average molecular weight is 279 g/mol. The highest BCUT2D eigenvalue weighted by Crippen LogP contribution is 2.19. The molecule has 20 heavy (non-hydrogen) atoms. The number of nitrogens with two attached hydrogens (primary N) is 1. The smallest absolute Gasteiger partial charge is 0.123 e. The van der Waals surface area contributed by atoms with Gasteiger partial charge in [-0.05, 0) is 62.8 Å². The number of hydrogen-bond donors (Lipinski definition) is 1. The van der Waals surface area contributed by atoms with Gasteiger partial charge in [0.05, 0.1) is 0 Å². The summed E-state index contributed by atoms with van der Waals surface area (Å²) in [6.45, 7) is 6.93. The zero-order valence-electron chi connectivity index (χ0n) is 12.6. The van der Waals surface area contributed by atoms with E-state index in [2.05, 4.69) is 23.8 Å². The molecular formula is C16H26FN3. The van der Waals surface area contributed by atoms with Crippen molar-refractivity contribution in [2.45, 2.75) is 38.9 Å². The molecule has 112 valence electrons. The average Bonchev–Trinajstić information content (AvgIpc) is 2.47. The number of rotatable bonds is 5. The number of hydrogen-bond acceptors (Lipinski definition) is 3. The van der Waals surface area contributed by atoms with Crippen LogP contribution >= 0.6 is 0 Å². The van der Waals surface area contributed by atoms with Crippen LogP contribution in [0, 0.1) is 5.82 Å². The Morgan fingerprint density at radius 2 is 2.00 bits per heavy atom. The molecule has 3 nitrogen and oxygen atoms in total. The predicted molar refractivity (Wildman–Crippen MR) is 80.9 cm³/mol. The van der Waals surface area contributed by atoms with Crippen LogP contribution in [-0.2, 0) is 13.1 Å². The van der Waals surface area contributed by atoms with Crippen LogP contribution in [0.25, 0.3) is 0 Å². The van der Waals surface area contributed by atoms with Gasteiger partial charge >= 0.3 is 0 Å². The van der Waals surface area contributed by atoms with Gasteiger partial charge < -0.3 is 10.6 Å². The Morgan fingerprint density at radius 3 is 2.60 bits per heavy atom. The fourth-order valence-electron chi connectivity index (χ4n) is 3.01. The third-order valence-corrected chi connectivity index (χ3v) is 4.44. The van der Waals surface area contributed by atoms with Gasteiger partial charge in [-0.15, -0.1) is 0 Å². The Hall–Kier alpha value is -0.970. The van der Waals surface area contributed by atoms with Gasteiger partial charge in [-0.25, -0.2) is 4.39 Å². The molecule has 4 heteroatoms. The van der Waals surface area contributed by atoms with Crippen molar-refractivity contribution in [2.24, 2.45) is 5.73 Å². The zero-order valence-corrected chi connectivity index (χ0v) is 12.6. The largest absolute Gasteiger partial charge is 0.326 e. The van der Waals surface area contributed by atoms with E-state index in [-0.39, 0.29) is 5.82 Å². The molecule has 1 fully saturated rings. The van der Waals surface area contributed by atoms with E-state index < -0.39 is 0 Å². The van der Waals surface area contributed by atoms with E-state index in [1.807, 2.05) is 0 Å². The SMILES string of the molecule is CCN1CCC(N(C)Cc2cc(F)ccc2CN)CC1. The van der Waals surface area contributed by atoms with Gasteiger partial charge in [0, 0.05) is 19.1 Å². The van der Waals surface area contributed by atoms with Crippen LogP contribution in [0.5, 0.6) is 0 Å². The van der Waals surface area contributed by atoms with Gasteiger partial charge in [-0.3, -0.25) is 4.90 Å². The lowest BCUT2D eigenvalue weighted by Crippen LogP contribution is -2.43. The third kappa shape index (κ3) is 3.78. The van der Waals surface area contributed by atoms with E-state index >= 15 is 0 Å². The summed E-state index contributed by atoms with van der Waals surface area (Å²) in [6, 6.07) is 5.51. The van der Waals surface area contributed by atoms with Crippen molar-refractivity contribution in [2.75, 3.05) is 26.7 Å². The molecule has 1 saturated heterocycles. The highest BCUT2D eigenvalue weighted by Gasteiger charge is 2.22. The molecule has 0 unspecified atom stereocenters. The van der Waals surface area contributed by atoms with Crippen molar-refractivity contribution in [1.82, 2.24) is 9.80 Å². The van der Waals surface area contributed by atoms with Gasteiger partial charge in [0.25, 0.3) is 0 Å². The first kappa shape index (κ1) is 15.4. The maximum Gasteiger partial charge on any atom is 0.123 e. The van der Waals surface area contributed by atoms with E-state index in [0.29, 0.717) is 12.6 Å². The van der Waals surface area contributed by atoms with Gasteiger partial charge in [0.1, 0.15) is 5.82 Å². The summed E-state index contributed by atoms with van der Waals surface area (Å²) in [6.07, 6.45) is 2.38. The molecule has 0 radical (unpaired) electrons. The minimum atomic E-state index is -0.175. The second-order valence-electron chi connectivity index (χ2n) is 5.70. The first-order valence-electron chi connectivity index (χ1n) is 7.54. The van der Waals surface area contributed by atoms with E-state index in [0.717, 1.165) is 24.2 Å². The normalized spacial score (nSPS) is 17.9. The first-order chi connectivity index (χ1) is 9.63. The molecule has 1 aromatic rings. The molecule has 0 aromatic heterocycles. The lowest BCUT2D eigenvalue weighted by Gasteiger charge is -2.36. The van der Waals surface area contributed by atoms with Crippen molar-refractivity contribution < 1.29 is 4.39 Å². The summed E-state index contributed by atoms with van der Waals surface area (Å²) in [5, 5.41) is 0. The van der Waals surface area contributed by atoms with Crippen LogP contribution in [0.4, 0.5) is 4.39 Å². The molecule has 0 amide bonds. The lowest BCUT2D eigenvalue weighted by molar-refractivity contribution is 0.127. The van der Waals surface area contributed by atoms with Gasteiger partial charge in [0.15, 0.2) is 0 Å². The summed E-state index contributed by atoms with van der Waals surface area (Å²) in [5.74, 6) is -0.175. The molecule has 0 atom stereocenters. The van der Waals surface area contributed by atoms with Crippen molar-refractivity contribution in [1.29, 1.82) is 0 Å². The maximum atomic E-state index is 13.4. The topological polar surface area (TPSA) is 32.5 Å². The molecule has 1 aromatic carbocycles. The quantitative estimate of drug-likeness (QED) is 0.897. The summed E-state index contributed by atoms with van der Waals surface area (Å²) in [7, 11) is 2.14. The number of nitrogens with zero attached hydrogens (tertiary/aromatic N) is 2. The molecule has 0 saturated carbocycles. The molecule has 1 aliphatic heterocycles. The Labute approximate surface area is 121 Å². The molecule has 2 rings (SSSR count). The number of likely N-dealkylation sites (tertiary alicyclic amines) is 1. The molecular weight excluding hydrogens is 253 g/mol. The Kier molecular flexibility index (Phi) is 5.52. The van der Waals surface area contributed by atoms with Crippen LogP contribution in [0.3, 0.4) is 0 Å². The minimum Gasteiger partial charge on any atom is -0.326 e. The Balaban J connectivity index is 1.97. The fourth-order valence-corrected chi connectivity index (χ4v) is 3.01. The van der Waals surface area contributed by atoms with Gasteiger partial charge in [0.2, 0.25) is 0 Å². The minimum absolute atomic E-state index is 0.175. The molecule has 2 N–H and O–H groups in total. The molecule has 0 bridgehead atoms. The van der Waals surface area contributed by atoms with Gasteiger partial charge in [-0.1, -0.05) is 13.0 Å². The van der Waals surface area contributed by atoms with Gasteiger partial charge in [-0.2, -0.15) is 0 Å². The van der Waals surface area contributed by atoms with Crippen LogP contribution in [0.2, 0.25) is 0 Å². The molecule has 0 spiro atoms. The van der Waals surface area contributed by atoms with Crippen molar-refractivity contribution in [3.63, 3.8) is 0 Å². The molecule has 1 aliphatic rings. The lowest BCUT2D eigenvalue weighted by atomic mass is 10.0. The van der Waals surface area contributed by atoms with Crippen molar-refractivity contribution in [3.8, 4) is 0 Å². The maximum absolute atomic E-state index is 13.4. The highest BCUT2D eigenvalue weighted by molar-refractivity contribution is 5.27. The fraction of sp³-hybridized carbons (Fsp3) is 0.625. The number of benzene rings is 1. The number of halogens is 1. The summed E-state index contributed by atoms with van der Waals surface area (Å²) >= 11 is 0. The van der Waals surface area contributed by atoms with Crippen LogP contribution < -0.4 is 5.73 Å². The monoisotopic (exact) mass is 279 g/mol.